The molecule has 3 rings (SSSR count). The third-order valence-electron chi connectivity index (χ3n) is 4.58. The molecule has 0 radical (unpaired) electrons. The van der Waals surface area contributed by atoms with Gasteiger partial charge < -0.3 is 9.88 Å². The number of anilines is 1. The van der Waals surface area contributed by atoms with Crippen molar-refractivity contribution in [2.45, 2.75) is 65.3 Å². The van der Waals surface area contributed by atoms with Crippen molar-refractivity contribution in [3.8, 4) is 0 Å². The van der Waals surface area contributed by atoms with Crippen molar-refractivity contribution in [1.29, 1.82) is 0 Å². The second kappa shape index (κ2) is 7.76. The van der Waals surface area contributed by atoms with Crippen LogP contribution in [0.3, 0.4) is 0 Å². The quantitative estimate of drug-likeness (QED) is 0.798. The standard InChI is InChI=1S/C19H27N5O/c1-13(2)4-7-17-22-23-18(24(17)15-5-6-15)8-9-19(25)21-16-12-20-11-10-14(16)3/h10-13,15H,4-9H2,1-3H3,(H,21,25). The van der Waals surface area contributed by atoms with Gasteiger partial charge >= 0.3 is 0 Å². The zero-order valence-electron chi connectivity index (χ0n) is 15.3. The molecule has 1 amide bonds. The third kappa shape index (κ3) is 4.65. The van der Waals surface area contributed by atoms with Gasteiger partial charge in [-0.3, -0.25) is 9.78 Å². The number of rotatable bonds is 8. The van der Waals surface area contributed by atoms with Crippen molar-refractivity contribution in [1.82, 2.24) is 19.7 Å². The Kier molecular flexibility index (Phi) is 5.46. The summed E-state index contributed by atoms with van der Waals surface area (Å²) in [6.45, 7) is 6.41. The summed E-state index contributed by atoms with van der Waals surface area (Å²) >= 11 is 0. The average molecular weight is 341 g/mol. The maximum atomic E-state index is 12.3. The molecular weight excluding hydrogens is 314 g/mol. The van der Waals surface area contributed by atoms with Crippen LogP contribution in [0.2, 0.25) is 0 Å². The fourth-order valence-corrected chi connectivity index (χ4v) is 2.91. The summed E-state index contributed by atoms with van der Waals surface area (Å²) in [5, 5.41) is 11.7. The first kappa shape index (κ1) is 17.6. The van der Waals surface area contributed by atoms with Crippen LogP contribution < -0.4 is 5.32 Å². The van der Waals surface area contributed by atoms with Gasteiger partial charge in [-0.15, -0.1) is 10.2 Å². The normalized spacial score (nSPS) is 14.1. The highest BCUT2D eigenvalue weighted by molar-refractivity contribution is 5.91. The molecule has 0 atom stereocenters. The lowest BCUT2D eigenvalue weighted by atomic mass is 10.1. The molecule has 1 N–H and O–H groups in total. The Balaban J connectivity index is 1.61. The molecule has 1 aliphatic rings. The molecule has 1 fully saturated rings. The molecule has 25 heavy (non-hydrogen) atoms. The monoisotopic (exact) mass is 341 g/mol. The van der Waals surface area contributed by atoms with E-state index in [9.17, 15) is 4.79 Å². The molecule has 2 heterocycles. The van der Waals surface area contributed by atoms with Crippen LogP contribution in [0.25, 0.3) is 0 Å². The largest absolute Gasteiger partial charge is 0.324 e. The zero-order chi connectivity index (χ0) is 17.8. The smallest absolute Gasteiger partial charge is 0.224 e. The molecule has 2 aromatic heterocycles. The molecule has 2 aromatic rings. The van der Waals surface area contributed by atoms with Gasteiger partial charge in [-0.25, -0.2) is 0 Å². The number of carbonyl (C=O) groups excluding carboxylic acids is 1. The molecule has 6 nitrogen and oxygen atoms in total. The van der Waals surface area contributed by atoms with Crippen LogP contribution in [0, 0.1) is 12.8 Å². The van der Waals surface area contributed by atoms with Crippen molar-refractivity contribution < 1.29 is 4.79 Å². The molecule has 6 heteroatoms. The minimum Gasteiger partial charge on any atom is -0.324 e. The van der Waals surface area contributed by atoms with E-state index in [-0.39, 0.29) is 5.91 Å². The number of aromatic nitrogens is 4. The Hall–Kier alpha value is -2.24. The number of amides is 1. The van der Waals surface area contributed by atoms with Gasteiger partial charge in [0, 0.05) is 31.5 Å². The molecule has 0 spiro atoms. The number of nitrogens with zero attached hydrogens (tertiary/aromatic N) is 4. The van der Waals surface area contributed by atoms with Crippen LogP contribution in [-0.2, 0) is 17.6 Å². The predicted molar refractivity (Wildman–Crippen MR) is 97.4 cm³/mol. The Labute approximate surface area is 149 Å². The van der Waals surface area contributed by atoms with E-state index in [0.717, 1.165) is 35.7 Å². The summed E-state index contributed by atoms with van der Waals surface area (Å²) in [5.74, 6) is 2.67. The van der Waals surface area contributed by atoms with Crippen LogP contribution in [0.5, 0.6) is 0 Å². The molecular formula is C19H27N5O. The Morgan fingerprint density at radius 2 is 2.00 bits per heavy atom. The summed E-state index contributed by atoms with van der Waals surface area (Å²) in [5.41, 5.74) is 1.79. The lowest BCUT2D eigenvalue weighted by molar-refractivity contribution is -0.116. The van der Waals surface area contributed by atoms with Gasteiger partial charge in [-0.2, -0.15) is 0 Å². The number of aryl methyl sites for hydroxylation is 3. The minimum absolute atomic E-state index is 0.00910. The van der Waals surface area contributed by atoms with Crippen LogP contribution in [0.1, 0.15) is 62.8 Å². The van der Waals surface area contributed by atoms with Gasteiger partial charge in [0.2, 0.25) is 5.91 Å². The topological polar surface area (TPSA) is 72.7 Å². The van der Waals surface area contributed by atoms with E-state index in [1.807, 2.05) is 13.0 Å². The van der Waals surface area contributed by atoms with E-state index in [0.29, 0.717) is 24.8 Å². The van der Waals surface area contributed by atoms with Crippen molar-refractivity contribution >= 4 is 11.6 Å². The maximum absolute atomic E-state index is 12.3. The Bertz CT molecular complexity index is 733. The third-order valence-corrected chi connectivity index (χ3v) is 4.58. The van der Waals surface area contributed by atoms with E-state index in [2.05, 4.69) is 38.9 Å². The Morgan fingerprint density at radius 3 is 2.64 bits per heavy atom. The van der Waals surface area contributed by atoms with Gasteiger partial charge in [0.05, 0.1) is 11.9 Å². The van der Waals surface area contributed by atoms with Gasteiger partial charge in [0.15, 0.2) is 0 Å². The summed E-state index contributed by atoms with van der Waals surface area (Å²) in [6.07, 6.45) is 8.90. The fourth-order valence-electron chi connectivity index (χ4n) is 2.91. The van der Waals surface area contributed by atoms with Crippen LogP contribution in [0.4, 0.5) is 5.69 Å². The van der Waals surface area contributed by atoms with E-state index in [1.54, 1.807) is 12.4 Å². The molecule has 0 unspecified atom stereocenters. The highest BCUT2D eigenvalue weighted by Crippen LogP contribution is 2.37. The summed E-state index contributed by atoms with van der Waals surface area (Å²) in [7, 11) is 0. The minimum atomic E-state index is -0.00910. The molecule has 1 saturated carbocycles. The first-order valence-electron chi connectivity index (χ1n) is 9.17. The summed E-state index contributed by atoms with van der Waals surface area (Å²) < 4.78 is 2.28. The molecule has 134 valence electrons. The van der Waals surface area contributed by atoms with E-state index < -0.39 is 0 Å². The second-order valence-corrected chi connectivity index (χ2v) is 7.30. The van der Waals surface area contributed by atoms with Crippen LogP contribution in [-0.4, -0.2) is 25.7 Å². The molecule has 0 aliphatic heterocycles. The lowest BCUT2D eigenvalue weighted by Crippen LogP contribution is -2.15. The van der Waals surface area contributed by atoms with Crippen molar-refractivity contribution in [2.24, 2.45) is 5.92 Å². The molecule has 0 saturated heterocycles. The van der Waals surface area contributed by atoms with E-state index in [4.69, 9.17) is 0 Å². The van der Waals surface area contributed by atoms with Crippen molar-refractivity contribution in [3.63, 3.8) is 0 Å². The Morgan fingerprint density at radius 1 is 1.28 bits per heavy atom. The number of hydrogen-bond donors (Lipinski definition) is 1. The highest BCUT2D eigenvalue weighted by Gasteiger charge is 2.29. The molecule has 1 aliphatic carbocycles. The molecule has 0 bridgehead atoms. The zero-order valence-corrected chi connectivity index (χ0v) is 15.3. The van der Waals surface area contributed by atoms with Crippen LogP contribution >= 0.6 is 0 Å². The highest BCUT2D eigenvalue weighted by atomic mass is 16.1. The average Bonchev–Trinajstić information content (AvgIpc) is 3.33. The van der Waals surface area contributed by atoms with Gasteiger partial charge in [0.25, 0.3) is 0 Å². The van der Waals surface area contributed by atoms with Gasteiger partial charge in [-0.1, -0.05) is 13.8 Å². The summed E-state index contributed by atoms with van der Waals surface area (Å²) in [4.78, 5) is 16.3. The van der Waals surface area contributed by atoms with Gasteiger partial charge in [-0.05, 0) is 43.7 Å². The number of nitrogens with one attached hydrogen (secondary N) is 1. The first-order valence-corrected chi connectivity index (χ1v) is 9.17. The SMILES string of the molecule is Cc1ccncc1NC(=O)CCc1nnc(CCC(C)C)n1C1CC1. The lowest BCUT2D eigenvalue weighted by Gasteiger charge is -2.10. The number of hydrogen-bond acceptors (Lipinski definition) is 4. The number of carbonyl (C=O) groups is 1. The molecule has 0 aromatic carbocycles. The van der Waals surface area contributed by atoms with Crippen molar-refractivity contribution in [2.75, 3.05) is 5.32 Å². The maximum Gasteiger partial charge on any atom is 0.224 e. The van der Waals surface area contributed by atoms with E-state index >= 15 is 0 Å². The fraction of sp³-hybridized carbons (Fsp3) is 0.579. The predicted octanol–water partition coefficient (Wildman–Crippen LogP) is 3.48. The second-order valence-electron chi connectivity index (χ2n) is 7.30. The van der Waals surface area contributed by atoms with Crippen LogP contribution in [0.15, 0.2) is 18.5 Å². The first-order chi connectivity index (χ1) is 12.0. The van der Waals surface area contributed by atoms with Crippen molar-refractivity contribution in [3.05, 3.63) is 35.7 Å². The summed E-state index contributed by atoms with van der Waals surface area (Å²) in [6, 6.07) is 2.43. The number of pyridine rings is 1. The van der Waals surface area contributed by atoms with Gasteiger partial charge in [0.1, 0.15) is 11.6 Å². The van der Waals surface area contributed by atoms with E-state index in [1.165, 1.54) is 12.8 Å².